The Labute approximate surface area is 211 Å². The Hall–Kier alpha value is -1.59. The van der Waals surface area contributed by atoms with Gasteiger partial charge in [0.1, 0.15) is 29.0 Å². The van der Waals surface area contributed by atoms with Gasteiger partial charge in [0.2, 0.25) is 0 Å². The number of ether oxygens (including phenoxy) is 2. The van der Waals surface area contributed by atoms with E-state index in [1.165, 1.54) is 0 Å². The van der Waals surface area contributed by atoms with Gasteiger partial charge in [0.05, 0.1) is 0 Å². The van der Waals surface area contributed by atoms with Crippen LogP contribution in [-0.4, -0.2) is 86.2 Å². The SMILES string of the molecule is CN(C)CCOc1ccc(C2C(c3ccc(OCCN(C)C)cc3)C2(Cl)Cl)cc1.O=S(=O)(O)O. The molecular formula is C23H32Cl2N2O6S. The summed E-state index contributed by atoms with van der Waals surface area (Å²) in [7, 11) is 3.46. The van der Waals surface area contributed by atoms with Crippen LogP contribution in [0.3, 0.4) is 0 Å². The quantitative estimate of drug-likeness (QED) is 0.349. The summed E-state index contributed by atoms with van der Waals surface area (Å²) in [6.45, 7) is 3.09. The van der Waals surface area contributed by atoms with Gasteiger partial charge in [0, 0.05) is 24.9 Å². The molecule has 11 heteroatoms. The van der Waals surface area contributed by atoms with E-state index in [1.54, 1.807) is 0 Å². The zero-order valence-electron chi connectivity index (χ0n) is 19.7. The van der Waals surface area contributed by atoms with Crippen molar-refractivity contribution >= 4 is 33.6 Å². The third-order valence-corrected chi connectivity index (χ3v) is 6.09. The molecule has 0 spiro atoms. The molecule has 2 aromatic carbocycles. The van der Waals surface area contributed by atoms with Crippen LogP contribution in [0.25, 0.3) is 0 Å². The van der Waals surface area contributed by atoms with E-state index in [0.717, 1.165) is 35.7 Å². The van der Waals surface area contributed by atoms with Gasteiger partial charge in [0.25, 0.3) is 0 Å². The number of nitrogens with zero attached hydrogens (tertiary/aromatic N) is 2. The molecule has 2 unspecified atom stereocenters. The summed E-state index contributed by atoms with van der Waals surface area (Å²) in [5.41, 5.74) is 2.26. The number of benzene rings is 2. The van der Waals surface area contributed by atoms with Crippen LogP contribution in [0.2, 0.25) is 0 Å². The monoisotopic (exact) mass is 534 g/mol. The molecule has 1 aliphatic rings. The van der Waals surface area contributed by atoms with Gasteiger partial charge < -0.3 is 19.3 Å². The molecule has 1 aliphatic carbocycles. The second-order valence-electron chi connectivity index (χ2n) is 8.52. The molecule has 3 rings (SSSR count). The highest BCUT2D eigenvalue weighted by Gasteiger charge is 2.64. The minimum Gasteiger partial charge on any atom is -0.492 e. The summed E-state index contributed by atoms with van der Waals surface area (Å²) in [6.07, 6.45) is 0. The molecule has 1 fully saturated rings. The summed E-state index contributed by atoms with van der Waals surface area (Å²) < 4.78 is 42.3. The average Bonchev–Trinajstić information content (AvgIpc) is 3.29. The number of hydrogen-bond acceptors (Lipinski definition) is 6. The molecule has 0 amide bonds. The van der Waals surface area contributed by atoms with Gasteiger partial charge in [-0.1, -0.05) is 24.3 Å². The van der Waals surface area contributed by atoms with Crippen molar-refractivity contribution in [3.8, 4) is 11.5 Å². The van der Waals surface area contributed by atoms with Crippen LogP contribution in [-0.2, 0) is 10.4 Å². The molecule has 2 atom stereocenters. The normalized spacial score (nSPS) is 18.9. The maximum absolute atomic E-state index is 8.74. The zero-order valence-corrected chi connectivity index (χ0v) is 22.0. The molecule has 2 N–H and O–H groups in total. The van der Waals surface area contributed by atoms with E-state index in [9.17, 15) is 0 Å². The number of halogens is 2. The molecule has 8 nitrogen and oxygen atoms in total. The second-order valence-corrected chi connectivity index (χ2v) is 10.9. The first-order valence-electron chi connectivity index (χ1n) is 10.6. The lowest BCUT2D eigenvalue weighted by molar-refractivity contribution is 0.261. The molecule has 2 aromatic rings. The van der Waals surface area contributed by atoms with E-state index >= 15 is 0 Å². The van der Waals surface area contributed by atoms with Crippen LogP contribution in [0, 0.1) is 0 Å². The van der Waals surface area contributed by atoms with Crippen LogP contribution >= 0.6 is 23.2 Å². The summed E-state index contributed by atoms with van der Waals surface area (Å²) in [6, 6.07) is 16.2. The lowest BCUT2D eigenvalue weighted by Crippen LogP contribution is -2.19. The smallest absolute Gasteiger partial charge is 0.394 e. The maximum Gasteiger partial charge on any atom is 0.394 e. The van der Waals surface area contributed by atoms with Crippen LogP contribution in [0.4, 0.5) is 0 Å². The highest BCUT2D eigenvalue weighted by Crippen LogP contribution is 2.70. The lowest BCUT2D eigenvalue weighted by atomic mass is 10.0. The van der Waals surface area contributed by atoms with Crippen molar-refractivity contribution in [1.82, 2.24) is 9.80 Å². The van der Waals surface area contributed by atoms with E-state index in [0.29, 0.717) is 13.2 Å². The number of alkyl halides is 2. The van der Waals surface area contributed by atoms with Gasteiger partial charge >= 0.3 is 10.4 Å². The van der Waals surface area contributed by atoms with E-state index < -0.39 is 14.7 Å². The minimum absolute atomic E-state index is 0.0715. The van der Waals surface area contributed by atoms with Gasteiger partial charge in [0.15, 0.2) is 0 Å². The fourth-order valence-corrected chi connectivity index (χ4v) is 4.27. The number of rotatable bonds is 10. The molecule has 190 valence electrons. The average molecular weight is 535 g/mol. The van der Waals surface area contributed by atoms with E-state index in [-0.39, 0.29) is 11.8 Å². The fourth-order valence-electron chi connectivity index (χ4n) is 3.39. The summed E-state index contributed by atoms with van der Waals surface area (Å²) in [5, 5.41) is 0. The van der Waals surface area contributed by atoms with Crippen LogP contribution in [0.1, 0.15) is 23.0 Å². The lowest BCUT2D eigenvalue weighted by Gasteiger charge is -2.11. The van der Waals surface area contributed by atoms with Crippen molar-refractivity contribution in [1.29, 1.82) is 0 Å². The van der Waals surface area contributed by atoms with Crippen LogP contribution in [0.15, 0.2) is 48.5 Å². The molecule has 0 heterocycles. The molecule has 0 bridgehead atoms. The predicted molar refractivity (Wildman–Crippen MR) is 135 cm³/mol. The highest BCUT2D eigenvalue weighted by atomic mass is 35.5. The van der Waals surface area contributed by atoms with Crippen molar-refractivity contribution in [3.05, 3.63) is 59.7 Å². The molecule has 0 saturated heterocycles. The Morgan fingerprint density at radius 3 is 1.32 bits per heavy atom. The number of likely N-dealkylation sites (N-methyl/N-ethyl adjacent to an activating group) is 2. The van der Waals surface area contributed by atoms with E-state index in [1.807, 2.05) is 52.5 Å². The summed E-state index contributed by atoms with van der Waals surface area (Å²) in [4.78, 5) is 4.19. The summed E-state index contributed by atoms with van der Waals surface area (Å²) in [5.74, 6) is 1.87. The first-order valence-corrected chi connectivity index (χ1v) is 12.8. The van der Waals surface area contributed by atoms with Gasteiger partial charge in [-0.25, -0.2) is 0 Å². The van der Waals surface area contributed by atoms with Crippen molar-refractivity contribution in [3.63, 3.8) is 0 Å². The summed E-state index contributed by atoms with van der Waals surface area (Å²) >= 11 is 13.3. The zero-order chi connectivity index (χ0) is 25.5. The molecular weight excluding hydrogens is 503 g/mol. The van der Waals surface area contributed by atoms with Crippen molar-refractivity contribution in [2.75, 3.05) is 54.5 Å². The van der Waals surface area contributed by atoms with Gasteiger partial charge in [-0.05, 0) is 63.6 Å². The van der Waals surface area contributed by atoms with Gasteiger partial charge in [-0.3, -0.25) is 9.11 Å². The van der Waals surface area contributed by atoms with Crippen molar-refractivity contribution in [2.45, 2.75) is 16.2 Å². The van der Waals surface area contributed by atoms with Crippen molar-refractivity contribution < 1.29 is 27.0 Å². The highest BCUT2D eigenvalue weighted by molar-refractivity contribution is 7.79. The van der Waals surface area contributed by atoms with Crippen LogP contribution < -0.4 is 9.47 Å². The Bertz CT molecular complexity index is 926. The van der Waals surface area contributed by atoms with Gasteiger partial charge in [-0.2, -0.15) is 8.42 Å². The Balaban J connectivity index is 0.000000739. The second kappa shape index (κ2) is 12.4. The van der Waals surface area contributed by atoms with Crippen molar-refractivity contribution in [2.24, 2.45) is 0 Å². The standard InChI is InChI=1S/C23H30Cl2N2O2.H2O4S/c1-26(2)13-15-28-19-9-5-17(6-10-19)21-22(23(21,24)25)18-7-11-20(12-8-18)29-16-14-27(3)4;1-5(2,3)4/h5-12,21-22H,13-16H2,1-4H3;(H2,1,2,3,4). The maximum atomic E-state index is 8.74. The molecule has 1 saturated carbocycles. The Morgan fingerprint density at radius 2 is 1.06 bits per heavy atom. The van der Waals surface area contributed by atoms with Crippen LogP contribution in [0.5, 0.6) is 11.5 Å². The number of hydrogen-bond donors (Lipinski definition) is 2. The minimum atomic E-state index is -4.67. The molecule has 0 radical (unpaired) electrons. The van der Waals surface area contributed by atoms with E-state index in [4.69, 9.17) is 50.2 Å². The van der Waals surface area contributed by atoms with Gasteiger partial charge in [-0.15, -0.1) is 23.2 Å². The fraction of sp³-hybridized carbons (Fsp3) is 0.478. The Morgan fingerprint density at radius 1 is 0.765 bits per heavy atom. The Kier molecular flexibility index (Phi) is 10.4. The first kappa shape index (κ1) is 28.6. The topological polar surface area (TPSA) is 99.5 Å². The molecule has 34 heavy (non-hydrogen) atoms. The third-order valence-electron chi connectivity index (χ3n) is 5.15. The molecule has 0 aromatic heterocycles. The molecule has 0 aliphatic heterocycles. The largest absolute Gasteiger partial charge is 0.492 e. The third kappa shape index (κ3) is 9.58. The predicted octanol–water partition coefficient (Wildman–Crippen LogP) is 3.97. The van der Waals surface area contributed by atoms with E-state index in [2.05, 4.69) is 34.1 Å². The first-order chi connectivity index (χ1) is 15.8.